The molecule has 2 atom stereocenters. The zero-order chi connectivity index (χ0) is 18.2. The molecule has 0 aliphatic rings. The monoisotopic (exact) mass is 342 g/mol. The van der Waals surface area contributed by atoms with Crippen molar-refractivity contribution in [2.24, 2.45) is 0 Å². The van der Waals surface area contributed by atoms with Gasteiger partial charge in [-0.15, -0.1) is 10.2 Å². The van der Waals surface area contributed by atoms with Crippen LogP contribution < -0.4 is 5.32 Å². The van der Waals surface area contributed by atoms with E-state index >= 15 is 0 Å². The Balaban J connectivity index is 2.09. The summed E-state index contributed by atoms with van der Waals surface area (Å²) in [6.07, 6.45) is 4.62. The van der Waals surface area contributed by atoms with E-state index in [0.29, 0.717) is 18.0 Å². The van der Waals surface area contributed by atoms with Crippen molar-refractivity contribution in [1.82, 2.24) is 20.1 Å². The van der Waals surface area contributed by atoms with E-state index in [1.165, 1.54) is 18.4 Å². The van der Waals surface area contributed by atoms with Crippen molar-refractivity contribution in [1.29, 1.82) is 0 Å². The molecule has 25 heavy (non-hydrogen) atoms. The summed E-state index contributed by atoms with van der Waals surface area (Å²) in [5.41, 5.74) is 1.35. The molecule has 1 aromatic carbocycles. The van der Waals surface area contributed by atoms with Gasteiger partial charge < -0.3 is 9.88 Å². The number of benzene rings is 1. The van der Waals surface area contributed by atoms with Gasteiger partial charge in [0.2, 0.25) is 0 Å². The van der Waals surface area contributed by atoms with Crippen LogP contribution in [0.1, 0.15) is 82.6 Å². The molecule has 1 aromatic heterocycles. The van der Waals surface area contributed by atoms with Crippen LogP contribution in [0.25, 0.3) is 0 Å². The molecule has 0 saturated heterocycles. The van der Waals surface area contributed by atoms with Crippen molar-refractivity contribution in [2.75, 3.05) is 0 Å². The minimum absolute atomic E-state index is 0.400. The van der Waals surface area contributed by atoms with Gasteiger partial charge in [0.05, 0.1) is 0 Å². The van der Waals surface area contributed by atoms with Crippen molar-refractivity contribution in [3.63, 3.8) is 0 Å². The third-order valence-electron chi connectivity index (χ3n) is 4.88. The Morgan fingerprint density at radius 2 is 1.80 bits per heavy atom. The fourth-order valence-corrected chi connectivity index (χ4v) is 3.52. The standard InChI is InChI=1S/C21H34N4/c1-6-11-19(22-15-18-12-9-8-10-13-18)14-20(7-2)25-17(5)23-24-21(25)16(3)4/h8-10,12-13,16,19-20,22H,6-7,11,14-15H2,1-5H3. The number of aryl methyl sites for hydroxylation is 1. The minimum atomic E-state index is 0.400. The molecule has 4 heteroatoms. The molecule has 4 nitrogen and oxygen atoms in total. The Hall–Kier alpha value is -1.68. The maximum Gasteiger partial charge on any atom is 0.135 e. The SMILES string of the molecule is CCCC(CC(CC)n1c(C)nnc1C(C)C)NCc1ccccc1. The molecular weight excluding hydrogens is 308 g/mol. The number of nitrogens with one attached hydrogen (secondary N) is 1. The Bertz CT molecular complexity index is 618. The lowest BCUT2D eigenvalue weighted by molar-refractivity contribution is 0.339. The van der Waals surface area contributed by atoms with Gasteiger partial charge in [-0.2, -0.15) is 0 Å². The lowest BCUT2D eigenvalue weighted by Crippen LogP contribution is -2.32. The maximum absolute atomic E-state index is 4.42. The van der Waals surface area contributed by atoms with Crippen LogP contribution in [-0.2, 0) is 6.54 Å². The Labute approximate surface area is 153 Å². The fraction of sp³-hybridized carbons (Fsp3) is 0.619. The number of nitrogens with zero attached hydrogens (tertiary/aromatic N) is 3. The van der Waals surface area contributed by atoms with E-state index in [0.717, 1.165) is 31.0 Å². The summed E-state index contributed by atoms with van der Waals surface area (Å²) in [4.78, 5) is 0. The molecule has 2 unspecified atom stereocenters. The van der Waals surface area contributed by atoms with Gasteiger partial charge in [0.1, 0.15) is 11.6 Å². The molecular formula is C21H34N4. The van der Waals surface area contributed by atoms with Crippen molar-refractivity contribution >= 4 is 0 Å². The molecule has 0 radical (unpaired) electrons. The molecule has 0 aliphatic heterocycles. The van der Waals surface area contributed by atoms with Gasteiger partial charge in [0.25, 0.3) is 0 Å². The third kappa shape index (κ3) is 5.40. The second kappa shape index (κ2) is 9.71. The van der Waals surface area contributed by atoms with Gasteiger partial charge in [-0.25, -0.2) is 0 Å². The van der Waals surface area contributed by atoms with E-state index in [2.05, 4.69) is 85.0 Å². The molecule has 2 aromatic rings. The Morgan fingerprint density at radius 3 is 2.40 bits per heavy atom. The average Bonchev–Trinajstić information content (AvgIpc) is 3.00. The van der Waals surface area contributed by atoms with Crippen molar-refractivity contribution in [3.8, 4) is 0 Å². The smallest absolute Gasteiger partial charge is 0.135 e. The summed E-state index contributed by atoms with van der Waals surface area (Å²) in [5, 5.41) is 12.5. The topological polar surface area (TPSA) is 42.7 Å². The summed E-state index contributed by atoms with van der Waals surface area (Å²) in [6.45, 7) is 11.9. The van der Waals surface area contributed by atoms with Crippen molar-refractivity contribution in [2.45, 2.75) is 84.8 Å². The lowest BCUT2D eigenvalue weighted by atomic mass is 9.99. The normalized spacial score (nSPS) is 14.0. The number of rotatable bonds is 10. The van der Waals surface area contributed by atoms with E-state index in [-0.39, 0.29) is 0 Å². The Morgan fingerprint density at radius 1 is 1.08 bits per heavy atom. The molecule has 138 valence electrons. The zero-order valence-electron chi connectivity index (χ0n) is 16.5. The number of aromatic nitrogens is 3. The van der Waals surface area contributed by atoms with Gasteiger partial charge in [0, 0.05) is 24.5 Å². The predicted octanol–water partition coefficient (Wildman–Crippen LogP) is 5.01. The molecule has 2 rings (SSSR count). The summed E-state index contributed by atoms with van der Waals surface area (Å²) in [7, 11) is 0. The molecule has 1 heterocycles. The van der Waals surface area contributed by atoms with Crippen LogP contribution in [0.15, 0.2) is 30.3 Å². The second-order valence-corrected chi connectivity index (χ2v) is 7.28. The van der Waals surface area contributed by atoms with Crippen LogP contribution >= 0.6 is 0 Å². The van der Waals surface area contributed by atoms with Crippen LogP contribution in [0.4, 0.5) is 0 Å². The average molecular weight is 343 g/mol. The van der Waals surface area contributed by atoms with Gasteiger partial charge >= 0.3 is 0 Å². The van der Waals surface area contributed by atoms with Crippen molar-refractivity contribution in [3.05, 3.63) is 47.5 Å². The van der Waals surface area contributed by atoms with Crippen LogP contribution in [0.5, 0.6) is 0 Å². The first-order chi connectivity index (χ1) is 12.1. The van der Waals surface area contributed by atoms with Crippen LogP contribution in [0.3, 0.4) is 0 Å². The molecule has 0 saturated carbocycles. The second-order valence-electron chi connectivity index (χ2n) is 7.28. The highest BCUT2D eigenvalue weighted by atomic mass is 15.3. The van der Waals surface area contributed by atoms with Gasteiger partial charge in [-0.3, -0.25) is 0 Å². The molecule has 0 fully saturated rings. The highest BCUT2D eigenvalue weighted by Crippen LogP contribution is 2.26. The number of hydrogen-bond acceptors (Lipinski definition) is 3. The number of hydrogen-bond donors (Lipinski definition) is 1. The highest BCUT2D eigenvalue weighted by Gasteiger charge is 2.22. The first-order valence-corrected chi connectivity index (χ1v) is 9.75. The van der Waals surface area contributed by atoms with E-state index in [1.807, 2.05) is 0 Å². The van der Waals surface area contributed by atoms with Gasteiger partial charge in [0.15, 0.2) is 0 Å². The summed E-state index contributed by atoms with van der Waals surface area (Å²) >= 11 is 0. The van der Waals surface area contributed by atoms with E-state index in [4.69, 9.17) is 0 Å². The molecule has 0 amide bonds. The molecule has 0 bridgehead atoms. The molecule has 0 aliphatic carbocycles. The summed E-state index contributed by atoms with van der Waals surface area (Å²) in [5.74, 6) is 2.55. The Kier molecular flexibility index (Phi) is 7.63. The van der Waals surface area contributed by atoms with Gasteiger partial charge in [-0.05, 0) is 31.7 Å². The van der Waals surface area contributed by atoms with Crippen molar-refractivity contribution < 1.29 is 0 Å². The largest absolute Gasteiger partial charge is 0.312 e. The van der Waals surface area contributed by atoms with E-state index in [1.54, 1.807) is 0 Å². The lowest BCUT2D eigenvalue weighted by Gasteiger charge is -2.27. The van der Waals surface area contributed by atoms with E-state index < -0.39 is 0 Å². The zero-order valence-corrected chi connectivity index (χ0v) is 16.5. The maximum atomic E-state index is 4.42. The quantitative estimate of drug-likeness (QED) is 0.660. The van der Waals surface area contributed by atoms with E-state index in [9.17, 15) is 0 Å². The van der Waals surface area contributed by atoms with Crippen LogP contribution in [0.2, 0.25) is 0 Å². The first kappa shape index (κ1) is 19.6. The summed E-state index contributed by atoms with van der Waals surface area (Å²) in [6, 6.07) is 11.6. The molecule has 1 N–H and O–H groups in total. The predicted molar refractivity (Wildman–Crippen MR) is 105 cm³/mol. The van der Waals surface area contributed by atoms with Crippen LogP contribution in [0, 0.1) is 6.92 Å². The van der Waals surface area contributed by atoms with Crippen LogP contribution in [-0.4, -0.2) is 20.8 Å². The minimum Gasteiger partial charge on any atom is -0.312 e. The summed E-state index contributed by atoms with van der Waals surface area (Å²) < 4.78 is 2.37. The first-order valence-electron chi connectivity index (χ1n) is 9.75. The molecule has 0 spiro atoms. The fourth-order valence-electron chi connectivity index (χ4n) is 3.52. The highest BCUT2D eigenvalue weighted by molar-refractivity contribution is 5.14. The third-order valence-corrected chi connectivity index (χ3v) is 4.88. The van der Waals surface area contributed by atoms with Gasteiger partial charge in [-0.1, -0.05) is 64.4 Å².